The minimum atomic E-state index is -0.537. The molecule has 100 valence electrons. The highest BCUT2D eigenvalue weighted by atomic mass is 79.9. The molecule has 0 aliphatic rings. The maximum absolute atomic E-state index is 11.0. The van der Waals surface area contributed by atoms with E-state index in [9.17, 15) is 10.1 Å². The van der Waals surface area contributed by atoms with E-state index in [1.807, 2.05) is 6.07 Å². The fourth-order valence-corrected chi connectivity index (χ4v) is 2.33. The maximum Gasteiger partial charge on any atom is 0.312 e. The second-order valence-corrected chi connectivity index (χ2v) is 5.47. The Balaban J connectivity index is 2.51. The van der Waals surface area contributed by atoms with E-state index in [4.69, 9.17) is 10.00 Å². The number of nitrogens with zero attached hydrogens (tertiary/aromatic N) is 2. The summed E-state index contributed by atoms with van der Waals surface area (Å²) >= 11 is 6.46. The molecule has 0 aromatic heterocycles. The van der Waals surface area contributed by atoms with Crippen molar-refractivity contribution in [2.45, 2.75) is 0 Å². The van der Waals surface area contributed by atoms with Crippen LogP contribution >= 0.6 is 31.9 Å². The van der Waals surface area contributed by atoms with Crippen molar-refractivity contribution in [3.8, 4) is 17.6 Å². The summed E-state index contributed by atoms with van der Waals surface area (Å²) in [5, 5.41) is 20.1. The van der Waals surface area contributed by atoms with Crippen molar-refractivity contribution in [2.75, 3.05) is 0 Å². The molecule has 0 saturated carbocycles. The van der Waals surface area contributed by atoms with Gasteiger partial charge in [0.1, 0.15) is 11.8 Å². The van der Waals surface area contributed by atoms with E-state index in [1.54, 1.807) is 30.3 Å². The first kappa shape index (κ1) is 14.5. The van der Waals surface area contributed by atoms with Crippen LogP contribution in [-0.2, 0) is 0 Å². The van der Waals surface area contributed by atoms with E-state index in [2.05, 4.69) is 31.9 Å². The van der Waals surface area contributed by atoms with Crippen molar-refractivity contribution in [1.29, 1.82) is 5.26 Å². The first-order valence-corrected chi connectivity index (χ1v) is 6.92. The van der Waals surface area contributed by atoms with Gasteiger partial charge in [0.05, 0.1) is 15.0 Å². The fourth-order valence-electron chi connectivity index (χ4n) is 1.53. The minimum absolute atomic E-state index is 0.0660. The van der Waals surface area contributed by atoms with Crippen molar-refractivity contribution in [1.82, 2.24) is 0 Å². The van der Waals surface area contributed by atoms with Crippen LogP contribution in [0.1, 0.15) is 5.56 Å². The monoisotopic (exact) mass is 396 g/mol. The van der Waals surface area contributed by atoms with Gasteiger partial charge in [0, 0.05) is 10.5 Å². The Kier molecular flexibility index (Phi) is 4.37. The van der Waals surface area contributed by atoms with Gasteiger partial charge in [-0.05, 0) is 40.2 Å². The molecule has 0 aliphatic carbocycles. The summed E-state index contributed by atoms with van der Waals surface area (Å²) in [7, 11) is 0. The topological polar surface area (TPSA) is 76.2 Å². The minimum Gasteiger partial charge on any atom is -0.448 e. The van der Waals surface area contributed by atoms with Gasteiger partial charge < -0.3 is 4.74 Å². The van der Waals surface area contributed by atoms with Gasteiger partial charge in [0.15, 0.2) is 0 Å². The van der Waals surface area contributed by atoms with Crippen LogP contribution in [0.2, 0.25) is 0 Å². The Bertz CT molecular complexity index is 726. The van der Waals surface area contributed by atoms with Gasteiger partial charge in [-0.2, -0.15) is 5.26 Å². The normalized spacial score (nSPS) is 9.85. The lowest BCUT2D eigenvalue weighted by atomic mass is 10.2. The number of nitriles is 1. The lowest BCUT2D eigenvalue weighted by Crippen LogP contribution is -1.95. The number of nitro benzene ring substituents is 1. The van der Waals surface area contributed by atoms with E-state index in [1.165, 1.54) is 6.07 Å². The zero-order valence-corrected chi connectivity index (χ0v) is 13.0. The quantitative estimate of drug-likeness (QED) is 0.551. The maximum atomic E-state index is 11.0. The SMILES string of the molecule is N#Cc1cc(Br)ccc1Oc1c(Br)cccc1[N+](=O)[O-]. The number of benzene rings is 2. The molecule has 0 saturated heterocycles. The Labute approximate surface area is 131 Å². The lowest BCUT2D eigenvalue weighted by molar-refractivity contribution is -0.385. The zero-order valence-electron chi connectivity index (χ0n) is 9.84. The molecule has 2 aromatic rings. The standard InChI is InChI=1S/C13H6Br2N2O3/c14-9-4-5-12(8(6-9)7-16)20-13-10(15)2-1-3-11(13)17(18)19/h1-6H. The molecule has 2 rings (SSSR count). The summed E-state index contributed by atoms with van der Waals surface area (Å²) in [6.45, 7) is 0. The summed E-state index contributed by atoms with van der Waals surface area (Å²) in [6, 6.07) is 11.3. The van der Waals surface area contributed by atoms with Crippen molar-refractivity contribution >= 4 is 37.5 Å². The van der Waals surface area contributed by atoms with Crippen LogP contribution < -0.4 is 4.74 Å². The van der Waals surface area contributed by atoms with Gasteiger partial charge >= 0.3 is 5.69 Å². The van der Waals surface area contributed by atoms with Crippen molar-refractivity contribution < 1.29 is 9.66 Å². The van der Waals surface area contributed by atoms with Gasteiger partial charge in [-0.1, -0.05) is 22.0 Å². The first-order chi connectivity index (χ1) is 9.52. The smallest absolute Gasteiger partial charge is 0.312 e. The van der Waals surface area contributed by atoms with Gasteiger partial charge in [-0.15, -0.1) is 0 Å². The summed E-state index contributed by atoms with van der Waals surface area (Å²) < 4.78 is 6.71. The Hall–Kier alpha value is -1.91. The van der Waals surface area contributed by atoms with Gasteiger partial charge in [0.25, 0.3) is 0 Å². The van der Waals surface area contributed by atoms with E-state index in [0.29, 0.717) is 4.47 Å². The second kappa shape index (κ2) is 6.03. The number of hydrogen-bond acceptors (Lipinski definition) is 4. The van der Waals surface area contributed by atoms with Crippen LogP contribution in [0.3, 0.4) is 0 Å². The number of nitro groups is 1. The molecule has 2 aromatic carbocycles. The molecule has 0 amide bonds. The van der Waals surface area contributed by atoms with Crippen LogP contribution in [0.25, 0.3) is 0 Å². The molecule has 0 N–H and O–H groups in total. The molecule has 0 radical (unpaired) electrons. The molecule has 0 heterocycles. The highest BCUT2D eigenvalue weighted by Gasteiger charge is 2.19. The first-order valence-electron chi connectivity index (χ1n) is 5.33. The summed E-state index contributed by atoms with van der Waals surface area (Å²) in [5.41, 5.74) is 0.107. The number of rotatable bonds is 3. The van der Waals surface area contributed by atoms with Crippen LogP contribution in [0, 0.1) is 21.4 Å². The van der Waals surface area contributed by atoms with Gasteiger partial charge in [0.2, 0.25) is 5.75 Å². The van der Waals surface area contributed by atoms with Crippen molar-refractivity contribution in [2.24, 2.45) is 0 Å². The molecule has 0 atom stereocenters. The van der Waals surface area contributed by atoms with Crippen LogP contribution in [0.4, 0.5) is 5.69 Å². The Morgan fingerprint density at radius 1 is 1.25 bits per heavy atom. The summed E-state index contributed by atoms with van der Waals surface area (Å²) in [6.07, 6.45) is 0. The zero-order chi connectivity index (χ0) is 14.7. The molecule has 0 spiro atoms. The number of para-hydroxylation sites is 1. The lowest BCUT2D eigenvalue weighted by Gasteiger charge is -2.09. The predicted molar refractivity (Wildman–Crippen MR) is 79.7 cm³/mol. The Morgan fingerprint density at radius 2 is 2.00 bits per heavy atom. The molecule has 20 heavy (non-hydrogen) atoms. The summed E-state index contributed by atoms with van der Waals surface area (Å²) in [5.74, 6) is 0.321. The highest BCUT2D eigenvalue weighted by Crippen LogP contribution is 2.39. The van der Waals surface area contributed by atoms with Crippen molar-refractivity contribution in [3.05, 3.63) is 61.0 Å². The van der Waals surface area contributed by atoms with Crippen LogP contribution in [0.15, 0.2) is 45.3 Å². The molecule has 7 heteroatoms. The molecule has 5 nitrogen and oxygen atoms in total. The van der Waals surface area contributed by atoms with E-state index >= 15 is 0 Å². The van der Waals surface area contributed by atoms with Crippen LogP contribution in [-0.4, -0.2) is 4.92 Å². The molecular weight excluding hydrogens is 392 g/mol. The van der Waals surface area contributed by atoms with Crippen LogP contribution in [0.5, 0.6) is 11.5 Å². The fraction of sp³-hybridized carbons (Fsp3) is 0. The molecular formula is C13H6Br2N2O3. The second-order valence-electron chi connectivity index (χ2n) is 3.70. The molecule has 0 aliphatic heterocycles. The van der Waals surface area contributed by atoms with E-state index in [-0.39, 0.29) is 22.7 Å². The Morgan fingerprint density at radius 3 is 2.65 bits per heavy atom. The third kappa shape index (κ3) is 2.98. The molecule has 0 bridgehead atoms. The third-order valence-electron chi connectivity index (χ3n) is 2.42. The summed E-state index contributed by atoms with van der Waals surface area (Å²) in [4.78, 5) is 10.5. The number of hydrogen-bond donors (Lipinski definition) is 0. The number of halogens is 2. The third-order valence-corrected chi connectivity index (χ3v) is 3.53. The number of ether oxygens (including phenoxy) is 1. The predicted octanol–water partition coefficient (Wildman–Crippen LogP) is 4.78. The van der Waals surface area contributed by atoms with E-state index < -0.39 is 4.92 Å². The van der Waals surface area contributed by atoms with Crippen molar-refractivity contribution in [3.63, 3.8) is 0 Å². The molecule has 0 fully saturated rings. The van der Waals surface area contributed by atoms with Gasteiger partial charge in [-0.3, -0.25) is 10.1 Å². The average molecular weight is 398 g/mol. The van der Waals surface area contributed by atoms with E-state index in [0.717, 1.165) is 4.47 Å². The molecule has 0 unspecified atom stereocenters. The average Bonchev–Trinajstić information content (AvgIpc) is 2.42. The van der Waals surface area contributed by atoms with Gasteiger partial charge in [-0.25, -0.2) is 0 Å². The largest absolute Gasteiger partial charge is 0.448 e. The highest BCUT2D eigenvalue weighted by molar-refractivity contribution is 9.10.